The van der Waals surface area contributed by atoms with Gasteiger partial charge in [-0.25, -0.2) is 18.7 Å². The molecule has 0 saturated heterocycles. The van der Waals surface area contributed by atoms with Crippen molar-refractivity contribution in [3.63, 3.8) is 0 Å². The Balaban J connectivity index is 1.38. The molecule has 0 aliphatic heterocycles. The van der Waals surface area contributed by atoms with E-state index in [4.69, 9.17) is 4.98 Å². The molecule has 7 rings (SSSR count). The normalized spacial score (nSPS) is 15.7. The zero-order valence-corrected chi connectivity index (χ0v) is 33.7. The first-order valence-electron chi connectivity index (χ1n) is 18.4. The number of carbonyl (C=O) groups excluding carboxylic acids is 1. The molecule has 2 aromatic carbocycles. The predicted octanol–water partition coefficient (Wildman–Crippen LogP) is 6.48. The van der Waals surface area contributed by atoms with E-state index in [1.807, 2.05) is 0 Å². The molecule has 0 fully saturated rings. The van der Waals surface area contributed by atoms with E-state index in [9.17, 15) is 40.3 Å². The lowest BCUT2D eigenvalue weighted by molar-refractivity contribution is -0.142. The van der Waals surface area contributed by atoms with E-state index in [-0.39, 0.29) is 33.4 Å². The molecule has 1 aliphatic rings. The van der Waals surface area contributed by atoms with Gasteiger partial charge in [0.1, 0.15) is 35.2 Å². The van der Waals surface area contributed by atoms with Gasteiger partial charge in [0.2, 0.25) is 5.91 Å². The Bertz CT molecular complexity index is 2870. The Morgan fingerprint density at radius 1 is 1.05 bits per heavy atom. The maximum atomic E-state index is 15.3. The minimum Gasteiger partial charge on any atom is -0.378 e. The molecule has 320 valence electrons. The summed E-state index contributed by atoms with van der Waals surface area (Å²) in [6.45, 7) is 2.93. The monoisotopic (exact) mass is 871 g/mol. The van der Waals surface area contributed by atoms with Crippen LogP contribution in [0, 0.1) is 23.5 Å². The highest BCUT2D eigenvalue weighted by Gasteiger charge is 2.53. The van der Waals surface area contributed by atoms with Crippen molar-refractivity contribution in [2.75, 3.05) is 4.72 Å². The molecular formula is C40H36F7N9O4S. The van der Waals surface area contributed by atoms with E-state index >= 15 is 8.78 Å². The van der Waals surface area contributed by atoms with Crippen molar-refractivity contribution in [1.82, 2.24) is 39.4 Å². The zero-order valence-electron chi connectivity index (χ0n) is 32.9. The number of nitrogens with one attached hydrogen (secondary N) is 2. The maximum absolute atomic E-state index is 15.3. The van der Waals surface area contributed by atoms with E-state index in [1.54, 1.807) is 31.3 Å². The Kier molecular flexibility index (Phi) is 10.8. The number of benzene rings is 2. The summed E-state index contributed by atoms with van der Waals surface area (Å²) < 4.78 is 134. The number of aryl methyl sites for hydroxylation is 2. The van der Waals surface area contributed by atoms with Crippen LogP contribution in [0.1, 0.15) is 73.1 Å². The van der Waals surface area contributed by atoms with Crippen LogP contribution in [0.4, 0.5) is 36.6 Å². The van der Waals surface area contributed by atoms with E-state index < -0.39 is 93.6 Å². The van der Waals surface area contributed by atoms with E-state index in [0.29, 0.717) is 27.2 Å². The second kappa shape index (κ2) is 15.3. The molecule has 4 aromatic heterocycles. The maximum Gasteiger partial charge on any atom is 0.435 e. The number of rotatable bonds is 10. The van der Waals surface area contributed by atoms with Crippen molar-refractivity contribution in [1.29, 1.82) is 0 Å². The van der Waals surface area contributed by atoms with Crippen molar-refractivity contribution >= 4 is 32.7 Å². The fourth-order valence-electron chi connectivity index (χ4n) is 7.38. The number of anilines is 1. The summed E-state index contributed by atoms with van der Waals surface area (Å²) in [4.78, 5) is 22.6. The van der Waals surface area contributed by atoms with Crippen LogP contribution < -0.4 is 10.0 Å². The molecule has 6 aromatic rings. The number of amides is 1. The molecule has 0 spiro atoms. The van der Waals surface area contributed by atoms with Gasteiger partial charge in [0.15, 0.2) is 16.5 Å². The molecule has 0 unspecified atom stereocenters. The van der Waals surface area contributed by atoms with Crippen molar-refractivity contribution in [3.8, 4) is 23.0 Å². The lowest BCUT2D eigenvalue weighted by Gasteiger charge is -2.23. The van der Waals surface area contributed by atoms with Gasteiger partial charge in [0.05, 0.1) is 23.6 Å². The highest BCUT2D eigenvalue weighted by atomic mass is 32.2. The third-order valence-corrected chi connectivity index (χ3v) is 11.0. The summed E-state index contributed by atoms with van der Waals surface area (Å²) in [5.41, 5.74) is -3.87. The SMILES string of the molecule is C[C@H]1CC(F)(F)c2c1c(C(F)(F)F)nn2CC(=O)N[C@@H](Cc1cc(F)cc(F)c1)c1nc(C#CC(C)(C)O)ccc1-c1cccc2c(NS(=O)(=O)c3cn(C)cn3)nn(C)c12. The molecule has 13 nitrogen and oxygen atoms in total. The number of imidazole rings is 1. The standard InChI is InChI=1S/C40H36F7N9O4S/c1-21-17-39(43,44)36-32(21)35(40(45,46)47)51-56(36)18-30(57)50-29(15-22-13-23(41)16-24(42)14-22)33-26(10-9-25(49-33)11-12-38(2,3)58)27-7-6-8-28-34(27)55(5)52-37(28)53-61(59,60)31-19-54(4)20-48-31/h6-10,13-14,16,19-21,29,58H,15,17-18H2,1-5H3,(H,50,57)(H,52,53)/t21-,29-/m0/s1. The lowest BCUT2D eigenvalue weighted by atomic mass is 9.93. The minimum atomic E-state index is -5.11. The third-order valence-electron chi connectivity index (χ3n) is 9.74. The van der Waals surface area contributed by atoms with Crippen LogP contribution in [0.5, 0.6) is 0 Å². The van der Waals surface area contributed by atoms with E-state index in [1.165, 1.54) is 55.7 Å². The Labute approximate surface area is 343 Å². The first-order valence-corrected chi connectivity index (χ1v) is 19.9. The molecule has 2 atom stereocenters. The number of alkyl halides is 5. The number of hydrogen-bond donors (Lipinski definition) is 3. The van der Waals surface area contributed by atoms with Gasteiger partial charge in [-0.2, -0.15) is 40.6 Å². The molecule has 1 amide bonds. The molecule has 0 saturated carbocycles. The Morgan fingerprint density at radius 2 is 1.75 bits per heavy atom. The van der Waals surface area contributed by atoms with Gasteiger partial charge in [-0.1, -0.05) is 25.0 Å². The second-order valence-corrected chi connectivity index (χ2v) is 16.9. The lowest BCUT2D eigenvalue weighted by Crippen LogP contribution is -2.35. The van der Waals surface area contributed by atoms with E-state index in [2.05, 4.69) is 37.1 Å². The van der Waals surface area contributed by atoms with Gasteiger partial charge in [0.25, 0.3) is 15.9 Å². The minimum absolute atomic E-state index is 0.00631. The molecule has 21 heteroatoms. The van der Waals surface area contributed by atoms with Gasteiger partial charge >= 0.3 is 6.18 Å². The first-order chi connectivity index (χ1) is 28.4. The van der Waals surface area contributed by atoms with E-state index in [0.717, 1.165) is 12.1 Å². The van der Waals surface area contributed by atoms with Crippen LogP contribution in [0.15, 0.2) is 66.1 Å². The van der Waals surface area contributed by atoms with Crippen molar-refractivity contribution in [2.24, 2.45) is 14.1 Å². The Morgan fingerprint density at radius 3 is 2.39 bits per heavy atom. The number of nitrogens with zero attached hydrogens (tertiary/aromatic N) is 7. The summed E-state index contributed by atoms with van der Waals surface area (Å²) in [7, 11) is -1.10. The highest BCUT2D eigenvalue weighted by molar-refractivity contribution is 7.92. The number of sulfonamides is 1. The Hall–Kier alpha value is -6.27. The molecule has 0 radical (unpaired) electrons. The van der Waals surface area contributed by atoms with Crippen LogP contribution in [-0.2, 0) is 54.0 Å². The van der Waals surface area contributed by atoms with Crippen molar-refractivity contribution in [3.05, 3.63) is 107 Å². The fourth-order valence-corrected chi connectivity index (χ4v) is 8.38. The quantitative estimate of drug-likeness (QED) is 0.104. The molecule has 1 aliphatic carbocycles. The topological polar surface area (TPSA) is 162 Å². The highest BCUT2D eigenvalue weighted by Crippen LogP contribution is 2.52. The predicted molar refractivity (Wildman–Crippen MR) is 206 cm³/mol. The van der Waals surface area contributed by atoms with Gasteiger partial charge < -0.3 is 15.0 Å². The van der Waals surface area contributed by atoms with Gasteiger partial charge in [-0.05, 0) is 68.0 Å². The number of hydrogen-bond acceptors (Lipinski definition) is 8. The summed E-state index contributed by atoms with van der Waals surface area (Å²) in [6.07, 6.45) is -3.86. The number of fused-ring (bicyclic) bond motifs is 2. The number of aliphatic hydroxyl groups is 1. The average Bonchev–Trinajstić information content (AvgIpc) is 3.89. The van der Waals surface area contributed by atoms with Crippen LogP contribution >= 0.6 is 0 Å². The molecule has 0 bridgehead atoms. The first kappa shape index (κ1) is 42.8. The summed E-state index contributed by atoms with van der Waals surface area (Å²) in [5, 5.41) is 20.8. The average molecular weight is 872 g/mol. The number of para-hydroxylation sites is 1. The number of aromatic nitrogens is 7. The molecule has 4 heterocycles. The summed E-state index contributed by atoms with van der Waals surface area (Å²) >= 11 is 0. The molecular weight excluding hydrogens is 836 g/mol. The number of halogens is 7. The van der Waals surface area contributed by atoms with Crippen LogP contribution in [0.2, 0.25) is 0 Å². The summed E-state index contributed by atoms with van der Waals surface area (Å²) in [5.74, 6) is -2.75. The third kappa shape index (κ3) is 8.81. The summed E-state index contributed by atoms with van der Waals surface area (Å²) in [6, 6.07) is 9.00. The fraction of sp³-hybridized carbons (Fsp3) is 0.325. The largest absolute Gasteiger partial charge is 0.435 e. The molecule has 61 heavy (non-hydrogen) atoms. The van der Waals surface area contributed by atoms with Crippen LogP contribution in [0.3, 0.4) is 0 Å². The zero-order chi connectivity index (χ0) is 44.4. The smallest absolute Gasteiger partial charge is 0.378 e. The van der Waals surface area contributed by atoms with Crippen molar-refractivity contribution < 1.29 is 49.1 Å². The second-order valence-electron chi connectivity index (χ2n) is 15.3. The van der Waals surface area contributed by atoms with Crippen LogP contribution in [-0.4, -0.2) is 59.1 Å². The van der Waals surface area contributed by atoms with Gasteiger partial charge in [-0.15, -0.1) is 0 Å². The van der Waals surface area contributed by atoms with Crippen molar-refractivity contribution in [2.45, 2.75) is 74.8 Å². The molecule has 3 N–H and O–H groups in total. The number of carbonyl (C=O) groups is 1. The van der Waals surface area contributed by atoms with Gasteiger partial charge in [0, 0.05) is 54.9 Å². The van der Waals surface area contributed by atoms with Gasteiger partial charge in [-0.3, -0.25) is 18.9 Å². The van der Waals surface area contributed by atoms with Crippen LogP contribution in [0.25, 0.3) is 22.0 Å². The number of pyridine rings is 1.